The number of aromatic nitrogens is 2. The standard InChI is InChI=1S/C18H8F4N2O4/c19-11-7-8(16-23-17(26)28-24-16)5-6-9(11)13-14(25)10-3-1-2-4-12(10)27-15(13)18(20,21)22/h1-7H,(H,23,24,26). The highest BCUT2D eigenvalue weighted by Crippen LogP contribution is 2.38. The zero-order valence-corrected chi connectivity index (χ0v) is 13.6. The molecule has 2 heterocycles. The average Bonchev–Trinajstić information content (AvgIpc) is 3.08. The van der Waals surface area contributed by atoms with Crippen LogP contribution in [-0.4, -0.2) is 10.1 Å². The van der Waals surface area contributed by atoms with Gasteiger partial charge in [-0.1, -0.05) is 29.4 Å². The fraction of sp³-hybridized carbons (Fsp3) is 0.0556. The SMILES string of the molecule is O=c1[nH]c(-c2ccc(-c3c(C(F)(F)F)oc4ccccc4c3=O)c(F)c2)no1. The third kappa shape index (κ3) is 2.88. The molecular weight excluding hydrogens is 384 g/mol. The number of halogens is 4. The molecule has 142 valence electrons. The number of alkyl halides is 3. The fourth-order valence-electron chi connectivity index (χ4n) is 2.81. The zero-order valence-electron chi connectivity index (χ0n) is 13.6. The minimum Gasteiger partial charge on any atom is -0.451 e. The molecule has 0 aliphatic carbocycles. The van der Waals surface area contributed by atoms with Crippen molar-refractivity contribution in [2.75, 3.05) is 0 Å². The Morgan fingerprint density at radius 2 is 1.79 bits per heavy atom. The molecule has 1 N–H and O–H groups in total. The minimum absolute atomic E-state index is 0.0471. The Bertz CT molecular complexity index is 1320. The minimum atomic E-state index is -5.03. The highest BCUT2D eigenvalue weighted by atomic mass is 19.4. The summed E-state index contributed by atoms with van der Waals surface area (Å²) in [6, 6.07) is 8.38. The van der Waals surface area contributed by atoms with Gasteiger partial charge in [0.15, 0.2) is 5.82 Å². The topological polar surface area (TPSA) is 89.1 Å². The first kappa shape index (κ1) is 17.7. The molecule has 0 saturated heterocycles. The third-order valence-corrected chi connectivity index (χ3v) is 4.01. The van der Waals surface area contributed by atoms with Crippen molar-refractivity contribution in [2.45, 2.75) is 6.18 Å². The van der Waals surface area contributed by atoms with Crippen LogP contribution in [0, 0.1) is 5.82 Å². The molecule has 0 aliphatic rings. The summed E-state index contributed by atoms with van der Waals surface area (Å²) in [4.78, 5) is 25.9. The number of aromatic amines is 1. The van der Waals surface area contributed by atoms with Crippen LogP contribution >= 0.6 is 0 Å². The van der Waals surface area contributed by atoms with E-state index >= 15 is 0 Å². The number of nitrogens with zero attached hydrogens (tertiary/aromatic N) is 1. The molecule has 28 heavy (non-hydrogen) atoms. The number of rotatable bonds is 2. The molecular formula is C18H8F4N2O4. The van der Waals surface area contributed by atoms with E-state index in [0.29, 0.717) is 0 Å². The van der Waals surface area contributed by atoms with Crippen LogP contribution in [0.2, 0.25) is 0 Å². The van der Waals surface area contributed by atoms with Crippen LogP contribution in [0.25, 0.3) is 33.5 Å². The normalized spacial score (nSPS) is 11.9. The first-order chi connectivity index (χ1) is 13.3. The van der Waals surface area contributed by atoms with Crippen molar-refractivity contribution in [1.29, 1.82) is 0 Å². The van der Waals surface area contributed by atoms with E-state index in [1.165, 1.54) is 30.3 Å². The van der Waals surface area contributed by atoms with E-state index < -0.39 is 40.1 Å². The zero-order chi connectivity index (χ0) is 20.1. The van der Waals surface area contributed by atoms with E-state index in [1.807, 2.05) is 0 Å². The van der Waals surface area contributed by atoms with Crippen molar-refractivity contribution >= 4 is 11.0 Å². The van der Waals surface area contributed by atoms with E-state index in [4.69, 9.17) is 4.42 Å². The van der Waals surface area contributed by atoms with Gasteiger partial charge in [0.1, 0.15) is 11.4 Å². The molecule has 0 radical (unpaired) electrons. The molecule has 0 spiro atoms. The Kier molecular flexibility index (Phi) is 3.91. The van der Waals surface area contributed by atoms with Crippen molar-refractivity contribution in [2.24, 2.45) is 0 Å². The number of hydrogen-bond donors (Lipinski definition) is 1. The monoisotopic (exact) mass is 392 g/mol. The fourth-order valence-corrected chi connectivity index (χ4v) is 2.81. The van der Waals surface area contributed by atoms with E-state index in [-0.39, 0.29) is 22.4 Å². The second kappa shape index (κ2) is 6.19. The van der Waals surface area contributed by atoms with Crippen LogP contribution < -0.4 is 11.2 Å². The maximum absolute atomic E-state index is 14.7. The van der Waals surface area contributed by atoms with E-state index in [1.54, 1.807) is 0 Å². The summed E-state index contributed by atoms with van der Waals surface area (Å²) in [6.07, 6.45) is -5.03. The van der Waals surface area contributed by atoms with Crippen LogP contribution in [0.5, 0.6) is 0 Å². The van der Waals surface area contributed by atoms with E-state index in [0.717, 1.165) is 12.1 Å². The van der Waals surface area contributed by atoms with Crippen molar-refractivity contribution in [3.05, 3.63) is 74.8 Å². The van der Waals surface area contributed by atoms with Crippen LogP contribution in [0.3, 0.4) is 0 Å². The lowest BCUT2D eigenvalue weighted by molar-refractivity contribution is -0.152. The lowest BCUT2D eigenvalue weighted by Gasteiger charge is -2.13. The maximum atomic E-state index is 14.7. The van der Waals surface area contributed by atoms with Crippen LogP contribution in [0.4, 0.5) is 17.6 Å². The quantitative estimate of drug-likeness (QED) is 0.522. The molecule has 0 amide bonds. The Hall–Kier alpha value is -3.69. The predicted octanol–water partition coefficient (Wildman–Crippen LogP) is 3.96. The van der Waals surface area contributed by atoms with Gasteiger partial charge in [-0.05, 0) is 18.2 Å². The first-order valence-electron chi connectivity index (χ1n) is 7.75. The van der Waals surface area contributed by atoms with Crippen LogP contribution in [0.1, 0.15) is 5.76 Å². The Morgan fingerprint density at radius 1 is 1.04 bits per heavy atom. The number of fused-ring (bicyclic) bond motifs is 1. The molecule has 0 saturated carbocycles. The van der Waals surface area contributed by atoms with E-state index in [2.05, 4.69) is 14.7 Å². The van der Waals surface area contributed by atoms with E-state index in [9.17, 15) is 27.2 Å². The van der Waals surface area contributed by atoms with Crippen LogP contribution in [-0.2, 0) is 6.18 Å². The van der Waals surface area contributed by atoms with Gasteiger partial charge in [-0.15, -0.1) is 0 Å². The average molecular weight is 392 g/mol. The summed E-state index contributed by atoms with van der Waals surface area (Å²) >= 11 is 0. The lowest BCUT2D eigenvalue weighted by Crippen LogP contribution is -2.16. The summed E-state index contributed by atoms with van der Waals surface area (Å²) < 4.78 is 64.4. The highest BCUT2D eigenvalue weighted by molar-refractivity contribution is 5.83. The summed E-state index contributed by atoms with van der Waals surface area (Å²) in [5.74, 6) is -3.72. The third-order valence-electron chi connectivity index (χ3n) is 4.01. The largest absolute Gasteiger partial charge is 0.451 e. The molecule has 10 heteroatoms. The van der Waals surface area contributed by atoms with Gasteiger partial charge in [-0.3, -0.25) is 14.3 Å². The summed E-state index contributed by atoms with van der Waals surface area (Å²) in [6.45, 7) is 0. The Morgan fingerprint density at radius 3 is 2.43 bits per heavy atom. The van der Waals surface area contributed by atoms with Gasteiger partial charge < -0.3 is 4.42 Å². The van der Waals surface area contributed by atoms with Gasteiger partial charge in [0.2, 0.25) is 11.2 Å². The molecule has 0 bridgehead atoms. The smallest absolute Gasteiger partial charge is 0.450 e. The molecule has 0 unspecified atom stereocenters. The highest BCUT2D eigenvalue weighted by Gasteiger charge is 2.40. The lowest BCUT2D eigenvalue weighted by atomic mass is 9.99. The van der Waals surface area contributed by atoms with Crippen LogP contribution in [0.15, 0.2) is 61.0 Å². The number of nitrogens with one attached hydrogen (secondary N) is 1. The predicted molar refractivity (Wildman–Crippen MR) is 89.0 cm³/mol. The van der Waals surface area contributed by atoms with Gasteiger partial charge in [-0.2, -0.15) is 13.2 Å². The van der Waals surface area contributed by atoms with Crippen molar-refractivity contribution < 1.29 is 26.5 Å². The molecule has 4 aromatic rings. The van der Waals surface area contributed by atoms with Gasteiger partial charge in [0, 0.05) is 11.1 Å². The van der Waals surface area contributed by atoms with Gasteiger partial charge >= 0.3 is 11.9 Å². The van der Waals surface area contributed by atoms with Gasteiger partial charge in [-0.25, -0.2) is 9.18 Å². The molecule has 2 aromatic heterocycles. The molecule has 4 rings (SSSR count). The Labute approximate surface area is 152 Å². The maximum Gasteiger partial charge on any atom is 0.450 e. The second-order valence-corrected chi connectivity index (χ2v) is 5.77. The number of H-pyrrole nitrogens is 1. The van der Waals surface area contributed by atoms with Gasteiger partial charge in [0.05, 0.1) is 10.9 Å². The molecule has 2 aromatic carbocycles. The number of benzene rings is 2. The molecule has 0 aliphatic heterocycles. The summed E-state index contributed by atoms with van der Waals surface area (Å²) in [5, 5.41) is 3.26. The summed E-state index contributed by atoms with van der Waals surface area (Å²) in [7, 11) is 0. The van der Waals surface area contributed by atoms with Gasteiger partial charge in [0.25, 0.3) is 0 Å². The first-order valence-corrected chi connectivity index (χ1v) is 7.75. The molecule has 6 nitrogen and oxygen atoms in total. The summed E-state index contributed by atoms with van der Waals surface area (Å²) in [5.41, 5.74) is -2.77. The molecule has 0 atom stereocenters. The Balaban J connectivity index is 1.99. The van der Waals surface area contributed by atoms with Crippen molar-refractivity contribution in [1.82, 2.24) is 10.1 Å². The number of hydrogen-bond acceptors (Lipinski definition) is 5. The second-order valence-electron chi connectivity index (χ2n) is 5.77. The number of para-hydroxylation sites is 1. The van der Waals surface area contributed by atoms with Crippen molar-refractivity contribution in [3.63, 3.8) is 0 Å². The molecule has 0 fully saturated rings. The van der Waals surface area contributed by atoms with Crippen molar-refractivity contribution in [3.8, 4) is 22.5 Å².